The third-order valence-corrected chi connectivity index (χ3v) is 8.94. The summed E-state index contributed by atoms with van der Waals surface area (Å²) in [4.78, 5) is 19.9. The van der Waals surface area contributed by atoms with Crippen molar-refractivity contribution in [3.8, 4) is 0 Å². The minimum Gasteiger partial charge on any atom is -0.481 e. The zero-order valence-corrected chi connectivity index (χ0v) is 19.6. The fraction of sp³-hybridized carbons (Fsp3) is 0.417. The number of benzene rings is 2. The van der Waals surface area contributed by atoms with Crippen LogP contribution in [-0.4, -0.2) is 34.9 Å². The fourth-order valence-corrected chi connectivity index (χ4v) is 6.71. The summed E-state index contributed by atoms with van der Waals surface area (Å²) in [6.07, 6.45) is 5.15. The molecule has 1 aromatic heterocycles. The standard InChI is InChI=1S/C24H25ClN2O2S2/c25-18-3-6-20-21(15-18)31-23(26-20)27-12-7-16(8-13-27)9-14-30-19-4-1-17(2-5-19)24(10-11-24)22(28)29/h1-6,15-16H,7-14H2,(H,28,29). The second-order valence-corrected chi connectivity index (χ2v) is 11.2. The van der Waals surface area contributed by atoms with E-state index < -0.39 is 11.4 Å². The maximum Gasteiger partial charge on any atom is 0.314 e. The molecule has 3 aromatic rings. The smallest absolute Gasteiger partial charge is 0.314 e. The van der Waals surface area contributed by atoms with Crippen molar-refractivity contribution in [3.63, 3.8) is 0 Å². The molecule has 5 rings (SSSR count). The molecule has 4 nitrogen and oxygen atoms in total. The number of rotatable bonds is 7. The van der Waals surface area contributed by atoms with Crippen molar-refractivity contribution < 1.29 is 9.90 Å². The molecule has 0 unspecified atom stereocenters. The number of thioether (sulfide) groups is 1. The largest absolute Gasteiger partial charge is 0.481 e. The van der Waals surface area contributed by atoms with Crippen molar-refractivity contribution >= 4 is 56.0 Å². The highest BCUT2D eigenvalue weighted by atomic mass is 35.5. The summed E-state index contributed by atoms with van der Waals surface area (Å²) in [5.74, 6) is 1.18. The number of carbonyl (C=O) groups is 1. The number of anilines is 1. The highest BCUT2D eigenvalue weighted by Crippen LogP contribution is 2.48. The molecule has 162 valence electrons. The van der Waals surface area contributed by atoms with E-state index in [-0.39, 0.29) is 0 Å². The van der Waals surface area contributed by atoms with Gasteiger partial charge in [-0.05, 0) is 79.7 Å². The molecule has 1 aliphatic heterocycles. The fourth-order valence-electron chi connectivity index (χ4n) is 4.40. The molecule has 0 radical (unpaired) electrons. The summed E-state index contributed by atoms with van der Waals surface area (Å²) in [7, 11) is 0. The predicted molar refractivity (Wildman–Crippen MR) is 130 cm³/mol. The lowest BCUT2D eigenvalue weighted by atomic mass is 9.95. The lowest BCUT2D eigenvalue weighted by Crippen LogP contribution is -2.33. The molecule has 1 N–H and O–H groups in total. The van der Waals surface area contributed by atoms with Crippen LogP contribution in [0, 0.1) is 5.92 Å². The molecule has 2 fully saturated rings. The molecule has 0 spiro atoms. The van der Waals surface area contributed by atoms with Crippen LogP contribution in [0.3, 0.4) is 0 Å². The average Bonchev–Trinajstić information content (AvgIpc) is 3.49. The molecule has 0 bridgehead atoms. The zero-order valence-electron chi connectivity index (χ0n) is 17.2. The highest BCUT2D eigenvalue weighted by molar-refractivity contribution is 7.99. The van der Waals surface area contributed by atoms with Crippen LogP contribution >= 0.6 is 34.7 Å². The number of aliphatic carboxylic acids is 1. The van der Waals surface area contributed by atoms with Gasteiger partial charge in [-0.3, -0.25) is 4.79 Å². The maximum absolute atomic E-state index is 11.5. The maximum atomic E-state index is 11.5. The summed E-state index contributed by atoms with van der Waals surface area (Å²) in [5.41, 5.74) is 1.38. The first-order valence-electron chi connectivity index (χ1n) is 10.8. The van der Waals surface area contributed by atoms with E-state index in [0.29, 0.717) is 0 Å². The number of nitrogens with zero attached hydrogens (tertiary/aromatic N) is 2. The first-order valence-corrected chi connectivity index (χ1v) is 13.0. The van der Waals surface area contributed by atoms with Crippen molar-refractivity contribution in [2.75, 3.05) is 23.7 Å². The summed E-state index contributed by atoms with van der Waals surface area (Å²) < 4.78 is 1.16. The van der Waals surface area contributed by atoms with Crippen molar-refractivity contribution in [2.24, 2.45) is 5.92 Å². The first-order chi connectivity index (χ1) is 15.0. The second-order valence-electron chi connectivity index (χ2n) is 8.59. The van der Waals surface area contributed by atoms with Crippen LogP contribution in [0.1, 0.15) is 37.7 Å². The second kappa shape index (κ2) is 8.64. The normalized spacial score (nSPS) is 18.4. The van der Waals surface area contributed by atoms with E-state index in [2.05, 4.69) is 17.0 Å². The molecule has 1 saturated carbocycles. The average molecular weight is 473 g/mol. The minimum absolute atomic E-state index is 0.604. The van der Waals surface area contributed by atoms with Gasteiger partial charge in [-0.15, -0.1) is 11.8 Å². The van der Waals surface area contributed by atoms with E-state index in [1.807, 2.05) is 42.1 Å². The lowest BCUT2D eigenvalue weighted by molar-refractivity contribution is -0.140. The Hall–Kier alpha value is -1.76. The van der Waals surface area contributed by atoms with Gasteiger partial charge in [0.25, 0.3) is 0 Å². The van der Waals surface area contributed by atoms with E-state index >= 15 is 0 Å². The number of carboxylic acid groups (broad SMARTS) is 1. The Bertz CT molecular complexity index is 1090. The number of aromatic nitrogens is 1. The molecule has 0 atom stereocenters. The molecule has 0 amide bonds. The topological polar surface area (TPSA) is 53.4 Å². The van der Waals surface area contributed by atoms with Gasteiger partial charge in [-0.25, -0.2) is 4.98 Å². The Balaban J connectivity index is 1.09. The van der Waals surface area contributed by atoms with Crippen LogP contribution in [0.15, 0.2) is 47.4 Å². The molecular weight excluding hydrogens is 448 g/mol. The third kappa shape index (κ3) is 4.43. The van der Waals surface area contributed by atoms with Gasteiger partial charge in [0.2, 0.25) is 0 Å². The Kier molecular flexibility index (Phi) is 5.88. The number of hydrogen-bond donors (Lipinski definition) is 1. The van der Waals surface area contributed by atoms with Crippen LogP contribution in [0.4, 0.5) is 5.13 Å². The summed E-state index contributed by atoms with van der Waals surface area (Å²) >= 11 is 9.72. The van der Waals surface area contributed by atoms with Gasteiger partial charge in [0.05, 0.1) is 15.6 Å². The van der Waals surface area contributed by atoms with Gasteiger partial charge < -0.3 is 10.0 Å². The van der Waals surface area contributed by atoms with Crippen LogP contribution in [0.2, 0.25) is 5.02 Å². The predicted octanol–water partition coefficient (Wildman–Crippen LogP) is 6.46. The van der Waals surface area contributed by atoms with Gasteiger partial charge in [-0.2, -0.15) is 0 Å². The molecular formula is C24H25ClN2O2S2. The van der Waals surface area contributed by atoms with Gasteiger partial charge >= 0.3 is 5.97 Å². The SMILES string of the molecule is O=C(O)C1(c2ccc(SCCC3CCN(c4nc5ccc(Cl)cc5s4)CC3)cc2)CC1. The van der Waals surface area contributed by atoms with Gasteiger partial charge in [0.15, 0.2) is 5.13 Å². The van der Waals surface area contributed by atoms with E-state index in [9.17, 15) is 9.90 Å². The van der Waals surface area contributed by atoms with Crippen LogP contribution in [0.25, 0.3) is 10.2 Å². The minimum atomic E-state index is -0.686. The summed E-state index contributed by atoms with van der Waals surface area (Å²) in [6, 6.07) is 14.1. The molecule has 2 heterocycles. The summed E-state index contributed by atoms with van der Waals surface area (Å²) in [6.45, 7) is 2.13. The van der Waals surface area contributed by atoms with Crippen LogP contribution in [-0.2, 0) is 10.2 Å². The number of hydrogen-bond acceptors (Lipinski definition) is 5. The van der Waals surface area contributed by atoms with Gasteiger partial charge in [-0.1, -0.05) is 35.1 Å². The highest BCUT2D eigenvalue weighted by Gasteiger charge is 2.51. The number of carboxylic acids is 1. The van der Waals surface area contributed by atoms with Crippen molar-refractivity contribution in [2.45, 2.75) is 42.4 Å². The first kappa shape index (κ1) is 21.1. The Morgan fingerprint density at radius 3 is 2.61 bits per heavy atom. The molecule has 31 heavy (non-hydrogen) atoms. The van der Waals surface area contributed by atoms with Crippen molar-refractivity contribution in [1.29, 1.82) is 0 Å². The van der Waals surface area contributed by atoms with Crippen LogP contribution in [0.5, 0.6) is 0 Å². The lowest BCUT2D eigenvalue weighted by Gasteiger charge is -2.31. The number of piperidine rings is 1. The van der Waals surface area contributed by atoms with Gasteiger partial charge in [0.1, 0.15) is 0 Å². The molecule has 1 saturated heterocycles. The van der Waals surface area contributed by atoms with E-state index in [1.165, 1.54) is 24.2 Å². The zero-order chi connectivity index (χ0) is 21.4. The van der Waals surface area contributed by atoms with E-state index in [0.717, 1.165) is 63.5 Å². The van der Waals surface area contributed by atoms with Crippen molar-refractivity contribution in [1.82, 2.24) is 4.98 Å². The van der Waals surface area contributed by atoms with E-state index in [4.69, 9.17) is 16.6 Å². The number of thiazole rings is 1. The van der Waals surface area contributed by atoms with Gasteiger partial charge in [0, 0.05) is 23.0 Å². The van der Waals surface area contributed by atoms with Crippen LogP contribution < -0.4 is 4.90 Å². The number of halogens is 1. The Morgan fingerprint density at radius 1 is 1.19 bits per heavy atom. The quantitative estimate of drug-likeness (QED) is 0.399. The monoisotopic (exact) mass is 472 g/mol. The Morgan fingerprint density at radius 2 is 1.94 bits per heavy atom. The van der Waals surface area contributed by atoms with Crippen molar-refractivity contribution in [3.05, 3.63) is 53.1 Å². The summed E-state index contributed by atoms with van der Waals surface area (Å²) in [5, 5.41) is 11.3. The third-order valence-electron chi connectivity index (χ3n) is 6.59. The molecule has 7 heteroatoms. The molecule has 2 aromatic carbocycles. The Labute approximate surface area is 195 Å². The molecule has 2 aliphatic rings. The molecule has 1 aliphatic carbocycles. The number of fused-ring (bicyclic) bond motifs is 1. The van der Waals surface area contributed by atoms with E-state index in [1.54, 1.807) is 11.3 Å².